The Hall–Kier alpha value is 0.588. The van der Waals surface area contributed by atoms with Gasteiger partial charge in [0.2, 0.25) is 0 Å². The third kappa shape index (κ3) is 19.1. The molecule has 0 atom stereocenters. The second-order valence-corrected chi connectivity index (χ2v) is 2.39. The standard InChI is InChI=1S/C8H12.C3H5.ClH.Pt/c1-2-4-6-8-7-5-3-1;1-3-2;;/h1-2,7-8H,3-6H2;3H,1-2H2;1H;/q;-1;;+2/p-1. The molecule has 0 heterocycles. The molecule has 1 saturated carbocycles. The molecule has 0 bridgehead atoms. The van der Waals surface area contributed by atoms with Crippen molar-refractivity contribution in [2.45, 2.75) is 25.7 Å². The first-order valence-corrected chi connectivity index (χ1v) is 7.05. The topological polar surface area (TPSA) is 0 Å². The number of halogens is 1. The summed E-state index contributed by atoms with van der Waals surface area (Å²) in [6.45, 7) is 6.50. The molecule has 0 N–H and O–H groups in total. The summed E-state index contributed by atoms with van der Waals surface area (Å²) in [7, 11) is 4.61. The summed E-state index contributed by atoms with van der Waals surface area (Å²) in [6, 6.07) is 0. The fourth-order valence-electron chi connectivity index (χ4n) is 0.856. The number of hydrogen-bond acceptors (Lipinski definition) is 0. The molecule has 0 saturated heterocycles. The average Bonchev–Trinajstić information content (AvgIpc) is 2.07. The van der Waals surface area contributed by atoms with Gasteiger partial charge in [-0.05, 0) is 51.4 Å². The van der Waals surface area contributed by atoms with E-state index in [-0.39, 0.29) is 0 Å². The number of hydrogen-bond donors (Lipinski definition) is 0. The van der Waals surface area contributed by atoms with E-state index in [2.05, 4.69) is 48.6 Å². The maximum absolute atomic E-state index is 4.61. The van der Waals surface area contributed by atoms with Gasteiger partial charge in [0, 0.05) is 0 Å². The van der Waals surface area contributed by atoms with Crippen LogP contribution in [0.3, 0.4) is 0 Å². The Morgan fingerprint density at radius 1 is 1.00 bits per heavy atom. The quantitative estimate of drug-likeness (QED) is 0.557. The van der Waals surface area contributed by atoms with E-state index in [4.69, 9.17) is 0 Å². The van der Waals surface area contributed by atoms with E-state index in [1.54, 1.807) is 18.8 Å². The van der Waals surface area contributed by atoms with Gasteiger partial charge in [0.05, 0.1) is 0 Å². The van der Waals surface area contributed by atoms with E-state index in [1.165, 1.54) is 31.8 Å². The molecule has 13 heavy (non-hydrogen) atoms. The van der Waals surface area contributed by atoms with Crippen LogP contribution in [0.2, 0.25) is 0 Å². The second kappa shape index (κ2) is 18.4. The molecule has 0 amide bonds. The molecule has 0 nitrogen and oxygen atoms in total. The zero-order valence-electron chi connectivity index (χ0n) is 7.82. The Morgan fingerprint density at radius 3 is 1.31 bits per heavy atom. The zero-order valence-corrected chi connectivity index (χ0v) is 10.9. The maximum atomic E-state index is 4.61. The molecular formula is C11H17ClPt. The van der Waals surface area contributed by atoms with Crippen LogP contribution in [0.15, 0.2) is 12.7 Å². The summed E-state index contributed by atoms with van der Waals surface area (Å²) in [5, 5.41) is 0. The Morgan fingerprint density at radius 2 is 1.15 bits per heavy atom. The predicted molar refractivity (Wildman–Crippen MR) is 57.1 cm³/mol. The summed E-state index contributed by atoms with van der Waals surface area (Å²) >= 11 is 1.61. The Bertz CT molecular complexity index is 60.2. The third-order valence-corrected chi connectivity index (χ3v) is 1.33. The molecule has 2 heteroatoms. The molecule has 1 fully saturated rings. The number of rotatable bonds is 0. The van der Waals surface area contributed by atoms with Gasteiger partial charge in [0.25, 0.3) is 0 Å². The molecule has 1 aliphatic rings. The Balaban J connectivity index is 0. The van der Waals surface area contributed by atoms with Crippen molar-refractivity contribution in [3.63, 3.8) is 0 Å². The first-order chi connectivity index (χ1) is 6.41. The van der Waals surface area contributed by atoms with Gasteiger partial charge >= 0.3 is 28.2 Å². The summed E-state index contributed by atoms with van der Waals surface area (Å²) in [5.41, 5.74) is 0. The van der Waals surface area contributed by atoms with Crippen LogP contribution in [0.1, 0.15) is 25.7 Å². The van der Waals surface area contributed by atoms with Gasteiger partial charge in [-0.25, -0.2) is 19.6 Å². The van der Waals surface area contributed by atoms with Crippen LogP contribution < -0.4 is 0 Å². The molecule has 4 radical (unpaired) electrons. The Kier molecular flexibility index (Phi) is 22.7. The molecule has 0 unspecified atom stereocenters. The molecule has 1 aliphatic carbocycles. The molecule has 0 aromatic rings. The average molecular weight is 380 g/mol. The van der Waals surface area contributed by atoms with Gasteiger partial charge in [0.15, 0.2) is 0 Å². The van der Waals surface area contributed by atoms with Gasteiger partial charge in [-0.3, -0.25) is 0 Å². The first kappa shape index (κ1) is 16.0. The van der Waals surface area contributed by atoms with Gasteiger partial charge in [-0.2, -0.15) is 0 Å². The number of allylic oxidation sites excluding steroid dienone is 1. The van der Waals surface area contributed by atoms with E-state index >= 15 is 0 Å². The van der Waals surface area contributed by atoms with Crippen molar-refractivity contribution in [1.29, 1.82) is 0 Å². The first-order valence-electron chi connectivity index (χ1n) is 4.24. The van der Waals surface area contributed by atoms with E-state index in [0.717, 1.165) is 0 Å². The van der Waals surface area contributed by atoms with E-state index < -0.39 is 0 Å². The Labute approximate surface area is 99.0 Å². The molecule has 0 spiro atoms. The fourth-order valence-corrected chi connectivity index (χ4v) is 0.856. The molecule has 1 rings (SSSR count). The van der Waals surface area contributed by atoms with Crippen molar-refractivity contribution in [3.8, 4) is 0 Å². The minimum atomic E-state index is 1.23. The fraction of sp³-hybridized carbons (Fsp3) is 0.364. The van der Waals surface area contributed by atoms with Crippen molar-refractivity contribution >= 4 is 9.42 Å². The minimum absolute atomic E-state index is 1.23. The van der Waals surface area contributed by atoms with Crippen molar-refractivity contribution in [2.75, 3.05) is 0 Å². The van der Waals surface area contributed by atoms with Gasteiger partial charge in [0.1, 0.15) is 0 Å². The summed E-state index contributed by atoms with van der Waals surface area (Å²) in [6.07, 6.45) is 15.5. The SMILES string of the molecule is C=C[CH2-].[CH]1[CH]CC[CH][CH]CC1.[Cl][Pt+]. The molecule has 0 aliphatic heterocycles. The van der Waals surface area contributed by atoms with Crippen molar-refractivity contribution < 1.29 is 18.8 Å². The van der Waals surface area contributed by atoms with Crippen LogP contribution in [-0.2, 0) is 18.8 Å². The van der Waals surface area contributed by atoms with E-state index in [9.17, 15) is 0 Å². The molecule has 0 aromatic heterocycles. The summed E-state index contributed by atoms with van der Waals surface area (Å²) < 4.78 is 0. The van der Waals surface area contributed by atoms with E-state index in [0.29, 0.717) is 0 Å². The van der Waals surface area contributed by atoms with Crippen LogP contribution in [-0.4, -0.2) is 0 Å². The van der Waals surface area contributed by atoms with Crippen LogP contribution in [0.25, 0.3) is 0 Å². The van der Waals surface area contributed by atoms with Crippen LogP contribution in [0.5, 0.6) is 0 Å². The molecule has 78 valence electrons. The predicted octanol–water partition coefficient (Wildman–Crippen LogP) is 4.07. The van der Waals surface area contributed by atoms with E-state index in [1.807, 2.05) is 0 Å². The van der Waals surface area contributed by atoms with Gasteiger partial charge in [-0.15, -0.1) is 0 Å². The van der Waals surface area contributed by atoms with Gasteiger partial charge < -0.3 is 0 Å². The van der Waals surface area contributed by atoms with Crippen LogP contribution in [0, 0.1) is 32.6 Å². The van der Waals surface area contributed by atoms with Crippen LogP contribution >= 0.6 is 9.42 Å². The summed E-state index contributed by atoms with van der Waals surface area (Å²) in [5.74, 6) is 0. The zero-order chi connectivity index (χ0) is 10.4. The van der Waals surface area contributed by atoms with Crippen molar-refractivity contribution in [3.05, 3.63) is 45.3 Å². The third-order valence-electron chi connectivity index (χ3n) is 1.33. The monoisotopic (exact) mass is 379 g/mol. The molecule has 0 aromatic carbocycles. The summed E-state index contributed by atoms with van der Waals surface area (Å²) in [4.78, 5) is 0. The molecular weight excluding hydrogens is 363 g/mol. The van der Waals surface area contributed by atoms with Gasteiger partial charge in [-0.1, -0.05) is 0 Å². The van der Waals surface area contributed by atoms with Crippen LogP contribution in [0.4, 0.5) is 0 Å². The van der Waals surface area contributed by atoms with Crippen molar-refractivity contribution in [2.24, 2.45) is 0 Å². The second-order valence-electron chi connectivity index (χ2n) is 2.39. The normalized spacial score (nSPS) is 16.2. The van der Waals surface area contributed by atoms with Crippen molar-refractivity contribution in [1.82, 2.24) is 0 Å².